The van der Waals surface area contributed by atoms with E-state index in [0.29, 0.717) is 34.2 Å². The van der Waals surface area contributed by atoms with Crippen LogP contribution in [0, 0.1) is 6.92 Å². The second-order valence-corrected chi connectivity index (χ2v) is 8.11. The molecule has 0 saturated carbocycles. The Hall–Kier alpha value is -3.39. The number of carbonyl (C=O) groups excluding carboxylic acids is 1. The Morgan fingerprint density at radius 1 is 1.23 bits per heavy atom. The maximum atomic E-state index is 13.3. The summed E-state index contributed by atoms with van der Waals surface area (Å²) >= 11 is 1.21. The van der Waals surface area contributed by atoms with Crippen molar-refractivity contribution in [1.82, 2.24) is 19.9 Å². The molecule has 152 valence electrons. The molecule has 0 aliphatic heterocycles. The predicted molar refractivity (Wildman–Crippen MR) is 116 cm³/mol. The van der Waals surface area contributed by atoms with Crippen molar-refractivity contribution in [1.29, 1.82) is 0 Å². The number of nitrogens with zero attached hydrogens (tertiary/aromatic N) is 3. The molecule has 0 aliphatic carbocycles. The van der Waals surface area contributed by atoms with Gasteiger partial charge in [-0.3, -0.25) is 9.59 Å². The Labute approximate surface area is 177 Å². The zero-order valence-corrected chi connectivity index (χ0v) is 17.3. The van der Waals surface area contributed by atoms with Gasteiger partial charge in [0.2, 0.25) is 5.91 Å². The van der Waals surface area contributed by atoms with Gasteiger partial charge in [-0.15, -0.1) is 0 Å². The zero-order chi connectivity index (χ0) is 21.1. The highest BCUT2D eigenvalue weighted by Gasteiger charge is 2.21. The lowest BCUT2D eigenvalue weighted by Gasteiger charge is -2.16. The van der Waals surface area contributed by atoms with Crippen molar-refractivity contribution in [2.45, 2.75) is 30.8 Å². The Bertz CT molecular complexity index is 1250. The second kappa shape index (κ2) is 8.54. The lowest BCUT2D eigenvalue weighted by Crippen LogP contribution is -2.31. The summed E-state index contributed by atoms with van der Waals surface area (Å²) in [6.45, 7) is 4.01. The van der Waals surface area contributed by atoms with E-state index in [1.165, 1.54) is 16.3 Å². The van der Waals surface area contributed by atoms with E-state index in [1.54, 1.807) is 49.7 Å². The minimum absolute atomic E-state index is 0.178. The number of nitrogens with one attached hydrogen (secondary N) is 1. The molecule has 1 unspecified atom stereocenters. The van der Waals surface area contributed by atoms with Crippen molar-refractivity contribution in [3.63, 3.8) is 0 Å². The Kier molecular flexibility index (Phi) is 5.67. The molecule has 0 bridgehead atoms. The molecule has 3 heterocycles. The SMILES string of the molecule is Cc1ccnc(-n2c(SC(C)C(=O)NCc3ccco3)nc3ccccc3c2=O)c1. The minimum atomic E-state index is -0.482. The molecule has 0 saturated heterocycles. The number of benzene rings is 1. The summed E-state index contributed by atoms with van der Waals surface area (Å²) in [4.78, 5) is 34.9. The topological polar surface area (TPSA) is 90.0 Å². The summed E-state index contributed by atoms with van der Waals surface area (Å²) in [6.07, 6.45) is 3.21. The molecule has 0 aliphatic rings. The summed E-state index contributed by atoms with van der Waals surface area (Å²) in [5.74, 6) is 0.969. The van der Waals surface area contributed by atoms with Crippen molar-refractivity contribution in [3.05, 3.63) is 82.7 Å². The van der Waals surface area contributed by atoms with Crippen LogP contribution in [-0.2, 0) is 11.3 Å². The first-order valence-electron chi connectivity index (χ1n) is 9.44. The quantitative estimate of drug-likeness (QED) is 0.379. The van der Waals surface area contributed by atoms with Crippen LogP contribution in [0.1, 0.15) is 18.2 Å². The minimum Gasteiger partial charge on any atom is -0.467 e. The van der Waals surface area contributed by atoms with Crippen LogP contribution in [0.15, 0.2) is 75.4 Å². The van der Waals surface area contributed by atoms with E-state index in [2.05, 4.69) is 15.3 Å². The van der Waals surface area contributed by atoms with Gasteiger partial charge in [0.25, 0.3) is 5.56 Å². The zero-order valence-electron chi connectivity index (χ0n) is 16.5. The van der Waals surface area contributed by atoms with E-state index in [-0.39, 0.29) is 11.5 Å². The van der Waals surface area contributed by atoms with E-state index in [1.807, 2.05) is 25.1 Å². The van der Waals surface area contributed by atoms with E-state index >= 15 is 0 Å². The highest BCUT2D eigenvalue weighted by Crippen LogP contribution is 2.25. The maximum Gasteiger partial charge on any atom is 0.267 e. The third kappa shape index (κ3) is 4.13. The average Bonchev–Trinajstić information content (AvgIpc) is 3.26. The molecule has 1 atom stereocenters. The van der Waals surface area contributed by atoms with Gasteiger partial charge in [-0.25, -0.2) is 14.5 Å². The van der Waals surface area contributed by atoms with E-state index in [9.17, 15) is 9.59 Å². The van der Waals surface area contributed by atoms with E-state index < -0.39 is 5.25 Å². The average molecular weight is 420 g/mol. The number of furan rings is 1. The van der Waals surface area contributed by atoms with Crippen LogP contribution in [0.25, 0.3) is 16.7 Å². The Morgan fingerprint density at radius 2 is 2.07 bits per heavy atom. The number of hydrogen-bond donors (Lipinski definition) is 1. The highest BCUT2D eigenvalue weighted by molar-refractivity contribution is 8.00. The molecule has 0 radical (unpaired) electrons. The van der Waals surface area contributed by atoms with Crippen molar-refractivity contribution < 1.29 is 9.21 Å². The number of amides is 1. The molecular weight excluding hydrogens is 400 g/mol. The fraction of sp³-hybridized carbons (Fsp3) is 0.182. The first kappa shape index (κ1) is 19.9. The van der Waals surface area contributed by atoms with Crippen LogP contribution >= 0.6 is 11.8 Å². The standard InChI is InChI=1S/C22H20N4O3S/c1-14-9-10-23-19(12-14)26-21(28)17-7-3-4-8-18(17)25-22(26)30-15(2)20(27)24-13-16-6-5-11-29-16/h3-12,15H,13H2,1-2H3,(H,24,27). The first-order valence-corrected chi connectivity index (χ1v) is 10.3. The molecule has 8 heteroatoms. The van der Waals surface area contributed by atoms with Crippen LogP contribution in [0.3, 0.4) is 0 Å². The lowest BCUT2D eigenvalue weighted by atomic mass is 10.2. The van der Waals surface area contributed by atoms with Crippen molar-refractivity contribution in [3.8, 4) is 5.82 Å². The van der Waals surface area contributed by atoms with Gasteiger partial charge >= 0.3 is 0 Å². The van der Waals surface area contributed by atoms with E-state index in [0.717, 1.165) is 5.56 Å². The third-order valence-electron chi connectivity index (χ3n) is 4.54. The smallest absolute Gasteiger partial charge is 0.267 e. The molecule has 1 aromatic carbocycles. The fourth-order valence-corrected chi connectivity index (χ4v) is 3.92. The van der Waals surface area contributed by atoms with Gasteiger partial charge in [0, 0.05) is 6.20 Å². The maximum absolute atomic E-state index is 13.3. The first-order chi connectivity index (χ1) is 14.5. The molecule has 4 aromatic rings. The summed E-state index contributed by atoms with van der Waals surface area (Å²) < 4.78 is 6.71. The van der Waals surface area contributed by atoms with Gasteiger partial charge in [-0.05, 0) is 55.8 Å². The van der Waals surface area contributed by atoms with Crippen LogP contribution in [0.4, 0.5) is 0 Å². The van der Waals surface area contributed by atoms with Crippen LogP contribution < -0.4 is 10.9 Å². The molecule has 0 spiro atoms. The Balaban J connectivity index is 1.69. The molecule has 1 N–H and O–H groups in total. The highest BCUT2D eigenvalue weighted by atomic mass is 32.2. The number of aryl methyl sites for hydroxylation is 1. The van der Waals surface area contributed by atoms with Crippen molar-refractivity contribution in [2.75, 3.05) is 0 Å². The van der Waals surface area contributed by atoms with Crippen LogP contribution in [-0.4, -0.2) is 25.7 Å². The number of para-hydroxylation sites is 1. The number of pyridine rings is 1. The lowest BCUT2D eigenvalue weighted by molar-refractivity contribution is -0.120. The second-order valence-electron chi connectivity index (χ2n) is 6.80. The van der Waals surface area contributed by atoms with Crippen molar-refractivity contribution in [2.24, 2.45) is 0 Å². The summed E-state index contributed by atoms with van der Waals surface area (Å²) in [5, 5.41) is 3.27. The molecule has 7 nitrogen and oxygen atoms in total. The number of fused-ring (bicyclic) bond motifs is 1. The normalized spacial score (nSPS) is 12.1. The molecule has 30 heavy (non-hydrogen) atoms. The Morgan fingerprint density at radius 3 is 2.83 bits per heavy atom. The number of rotatable bonds is 6. The van der Waals surface area contributed by atoms with Gasteiger partial charge < -0.3 is 9.73 Å². The summed E-state index contributed by atoms with van der Waals surface area (Å²) in [5.41, 5.74) is 1.33. The molecule has 4 rings (SSSR count). The van der Waals surface area contributed by atoms with Gasteiger partial charge in [-0.2, -0.15) is 0 Å². The monoisotopic (exact) mass is 420 g/mol. The van der Waals surface area contributed by atoms with E-state index in [4.69, 9.17) is 4.42 Å². The van der Waals surface area contributed by atoms with Crippen LogP contribution in [0.5, 0.6) is 0 Å². The number of carbonyl (C=O) groups is 1. The van der Waals surface area contributed by atoms with Gasteiger partial charge in [0.15, 0.2) is 5.16 Å². The summed E-state index contributed by atoms with van der Waals surface area (Å²) in [6, 6.07) is 14.4. The van der Waals surface area contributed by atoms with Gasteiger partial charge in [0.1, 0.15) is 11.6 Å². The predicted octanol–water partition coefficient (Wildman–Crippen LogP) is 3.48. The largest absolute Gasteiger partial charge is 0.467 e. The molecule has 1 amide bonds. The number of hydrogen-bond acceptors (Lipinski definition) is 6. The summed E-state index contributed by atoms with van der Waals surface area (Å²) in [7, 11) is 0. The van der Waals surface area contributed by atoms with Crippen LogP contribution in [0.2, 0.25) is 0 Å². The molecular formula is C22H20N4O3S. The van der Waals surface area contributed by atoms with Crippen molar-refractivity contribution >= 4 is 28.6 Å². The number of aromatic nitrogens is 3. The fourth-order valence-electron chi connectivity index (χ4n) is 2.98. The molecule has 0 fully saturated rings. The van der Waals surface area contributed by atoms with Gasteiger partial charge in [0.05, 0.1) is 29.0 Å². The third-order valence-corrected chi connectivity index (χ3v) is 5.60. The number of thioether (sulfide) groups is 1. The van der Waals surface area contributed by atoms with Gasteiger partial charge in [-0.1, -0.05) is 23.9 Å². The molecule has 3 aromatic heterocycles.